The van der Waals surface area contributed by atoms with Gasteiger partial charge in [-0.05, 0) is 61.9 Å². The maximum atomic E-state index is 13.8. The molecule has 0 bridgehead atoms. The minimum Gasteiger partial charge on any atom is -0.491 e. The molecule has 1 amide bonds. The highest BCUT2D eigenvalue weighted by Crippen LogP contribution is 2.22. The van der Waals surface area contributed by atoms with Gasteiger partial charge in [-0.1, -0.05) is 18.7 Å². The third-order valence-corrected chi connectivity index (χ3v) is 4.00. The number of halogens is 1. The van der Waals surface area contributed by atoms with Gasteiger partial charge in [0.25, 0.3) is 5.91 Å². The Kier molecular flexibility index (Phi) is 8.59. The summed E-state index contributed by atoms with van der Waals surface area (Å²) in [5.41, 5.74) is 6.11. The largest absolute Gasteiger partial charge is 0.491 e. The second-order valence-electron chi connectivity index (χ2n) is 6.99. The molecule has 0 fully saturated rings. The molecule has 2 rings (SSSR count). The van der Waals surface area contributed by atoms with Crippen LogP contribution in [0.2, 0.25) is 0 Å². The zero-order chi connectivity index (χ0) is 23.7. The van der Waals surface area contributed by atoms with E-state index in [9.17, 15) is 14.0 Å². The fourth-order valence-electron chi connectivity index (χ4n) is 2.59. The Labute approximate surface area is 185 Å². The van der Waals surface area contributed by atoms with Gasteiger partial charge in [0.05, 0.1) is 11.7 Å². The van der Waals surface area contributed by atoms with Crippen molar-refractivity contribution in [2.24, 2.45) is 5.73 Å². The van der Waals surface area contributed by atoms with Crippen molar-refractivity contribution in [1.82, 2.24) is 5.32 Å². The first kappa shape index (κ1) is 24.2. The van der Waals surface area contributed by atoms with Crippen LogP contribution in [0.15, 0.2) is 78.7 Å². The van der Waals surface area contributed by atoms with E-state index < -0.39 is 17.7 Å². The molecule has 168 valence electrons. The topological polar surface area (TPSA) is 111 Å². The fourth-order valence-corrected chi connectivity index (χ4v) is 2.59. The summed E-state index contributed by atoms with van der Waals surface area (Å²) in [6.45, 7) is 7.40. The number of para-hydroxylation sites is 1. The summed E-state index contributed by atoms with van der Waals surface area (Å²) in [6.07, 6.45) is 3.34. The average molecular weight is 440 g/mol. The number of nitrogens with two attached hydrogens (primary N) is 1. The maximum absolute atomic E-state index is 13.8. The average Bonchev–Trinajstić information content (AvgIpc) is 2.72. The summed E-state index contributed by atoms with van der Waals surface area (Å²) >= 11 is 0. The normalized spacial score (nSPS) is 11.4. The first-order chi connectivity index (χ1) is 15.2. The van der Waals surface area contributed by atoms with Gasteiger partial charge in [0, 0.05) is 17.5 Å². The fraction of sp³-hybridized carbons (Fsp3) is 0.167. The zero-order valence-electron chi connectivity index (χ0n) is 17.8. The van der Waals surface area contributed by atoms with Crippen LogP contribution in [0.1, 0.15) is 29.8 Å². The Bertz CT molecular complexity index is 1060. The molecule has 0 aliphatic rings. The monoisotopic (exact) mass is 440 g/mol. The zero-order valence-corrected chi connectivity index (χ0v) is 17.8. The van der Waals surface area contributed by atoms with Crippen LogP contribution in [0.3, 0.4) is 0 Å². The lowest BCUT2D eigenvalue weighted by Crippen LogP contribution is -2.22. The van der Waals surface area contributed by atoms with E-state index in [0.29, 0.717) is 11.3 Å². The maximum Gasteiger partial charge on any atom is 0.337 e. The van der Waals surface area contributed by atoms with Gasteiger partial charge in [0.2, 0.25) is 0 Å². The van der Waals surface area contributed by atoms with E-state index in [1.54, 1.807) is 30.3 Å². The van der Waals surface area contributed by atoms with Gasteiger partial charge in [0.1, 0.15) is 12.4 Å². The predicted molar refractivity (Wildman–Crippen MR) is 119 cm³/mol. The molecule has 0 saturated heterocycles. The molecule has 0 radical (unpaired) electrons. The van der Waals surface area contributed by atoms with E-state index in [2.05, 4.69) is 11.9 Å². The highest BCUT2D eigenvalue weighted by Gasteiger charge is 2.12. The number of nitrogens with one attached hydrogen (secondary N) is 1. The molecule has 0 atom stereocenters. The van der Waals surface area contributed by atoms with Crippen molar-refractivity contribution >= 4 is 11.9 Å². The van der Waals surface area contributed by atoms with Gasteiger partial charge in [0.15, 0.2) is 11.6 Å². The number of hydrogen-bond donors (Lipinski definition) is 3. The SMILES string of the molecule is C=C(/C=C\C(=C/N)C(=O)O)NC(=O)c1cc(COc2ccccc2F)cc(OC(C)C)c1. The molecular formula is C24H25FN2O5. The van der Waals surface area contributed by atoms with Crippen molar-refractivity contribution in [2.75, 3.05) is 0 Å². The highest BCUT2D eigenvalue weighted by molar-refractivity contribution is 5.96. The minimum atomic E-state index is -1.21. The molecule has 4 N–H and O–H groups in total. The second-order valence-corrected chi connectivity index (χ2v) is 6.99. The van der Waals surface area contributed by atoms with E-state index in [1.165, 1.54) is 24.3 Å². The number of amides is 1. The number of allylic oxidation sites excluding steroid dienone is 1. The van der Waals surface area contributed by atoms with Crippen molar-refractivity contribution < 1.29 is 28.6 Å². The molecule has 0 aliphatic carbocycles. The van der Waals surface area contributed by atoms with E-state index in [4.69, 9.17) is 20.3 Å². The van der Waals surface area contributed by atoms with E-state index in [0.717, 1.165) is 6.20 Å². The van der Waals surface area contributed by atoms with Gasteiger partial charge in [-0.15, -0.1) is 0 Å². The summed E-state index contributed by atoms with van der Waals surface area (Å²) in [5.74, 6) is -1.65. The third-order valence-electron chi connectivity index (χ3n) is 4.00. The third kappa shape index (κ3) is 7.32. The van der Waals surface area contributed by atoms with Crippen molar-refractivity contribution in [3.8, 4) is 11.5 Å². The molecule has 0 spiro atoms. The number of carbonyl (C=O) groups excluding carboxylic acids is 1. The molecule has 8 heteroatoms. The number of aliphatic carboxylic acids is 1. The quantitative estimate of drug-likeness (QED) is 0.382. The summed E-state index contributed by atoms with van der Waals surface area (Å²) in [4.78, 5) is 23.7. The Balaban J connectivity index is 2.19. The van der Waals surface area contributed by atoms with Crippen molar-refractivity contribution in [1.29, 1.82) is 0 Å². The summed E-state index contributed by atoms with van der Waals surface area (Å²) in [7, 11) is 0. The van der Waals surface area contributed by atoms with Crippen LogP contribution in [-0.2, 0) is 11.4 Å². The molecule has 0 unspecified atom stereocenters. The second kappa shape index (κ2) is 11.4. The molecule has 2 aromatic carbocycles. The molecule has 7 nitrogen and oxygen atoms in total. The lowest BCUT2D eigenvalue weighted by atomic mass is 10.1. The molecule has 0 heterocycles. The first-order valence-corrected chi connectivity index (χ1v) is 9.71. The van der Waals surface area contributed by atoms with Crippen molar-refractivity contribution in [3.63, 3.8) is 0 Å². The molecular weight excluding hydrogens is 415 g/mol. The number of ether oxygens (including phenoxy) is 2. The van der Waals surface area contributed by atoms with E-state index in [-0.39, 0.29) is 35.3 Å². The van der Waals surface area contributed by atoms with Gasteiger partial charge in [-0.3, -0.25) is 4.79 Å². The Morgan fingerprint density at radius 3 is 2.56 bits per heavy atom. The van der Waals surface area contributed by atoms with Crippen molar-refractivity contribution in [3.05, 3.63) is 95.6 Å². The van der Waals surface area contributed by atoms with Crippen LogP contribution in [-0.4, -0.2) is 23.1 Å². The van der Waals surface area contributed by atoms with Crippen LogP contribution in [0.4, 0.5) is 4.39 Å². The van der Waals surface area contributed by atoms with E-state index in [1.807, 2.05) is 13.8 Å². The minimum absolute atomic E-state index is 0.0145. The lowest BCUT2D eigenvalue weighted by Gasteiger charge is -2.14. The standard InChI is InChI=1S/C24H25FN2O5/c1-15(2)32-20-11-17(14-31-22-7-5-4-6-21(22)25)10-19(12-20)23(28)27-16(3)8-9-18(13-26)24(29)30/h4-13,15H,3,14,26H2,1-2H3,(H,27,28)(H,29,30)/b9-8-,18-13+. The summed E-state index contributed by atoms with van der Waals surface area (Å²) in [6, 6.07) is 10.9. The number of carboxylic acid groups (broad SMARTS) is 1. The van der Waals surface area contributed by atoms with Crippen molar-refractivity contribution in [2.45, 2.75) is 26.6 Å². The van der Waals surface area contributed by atoms with Gasteiger partial charge in [-0.2, -0.15) is 0 Å². The highest BCUT2D eigenvalue weighted by atomic mass is 19.1. The Morgan fingerprint density at radius 1 is 1.22 bits per heavy atom. The molecule has 0 aromatic heterocycles. The molecule has 0 saturated carbocycles. The predicted octanol–water partition coefficient (Wildman–Crippen LogP) is 3.92. The van der Waals surface area contributed by atoms with Crippen LogP contribution >= 0.6 is 0 Å². The molecule has 32 heavy (non-hydrogen) atoms. The Morgan fingerprint density at radius 2 is 1.94 bits per heavy atom. The van der Waals surface area contributed by atoms with Gasteiger partial charge < -0.3 is 25.6 Å². The number of carbonyl (C=O) groups is 2. The Hall–Kier alpha value is -4.07. The number of benzene rings is 2. The van der Waals surface area contributed by atoms with Crippen LogP contribution < -0.4 is 20.5 Å². The smallest absolute Gasteiger partial charge is 0.337 e. The summed E-state index contributed by atoms with van der Waals surface area (Å²) in [5, 5.41) is 11.5. The van der Waals surface area contributed by atoms with Crippen LogP contribution in [0, 0.1) is 5.82 Å². The number of hydrogen-bond acceptors (Lipinski definition) is 5. The van der Waals surface area contributed by atoms with Gasteiger partial charge in [-0.25, -0.2) is 9.18 Å². The van der Waals surface area contributed by atoms with Crippen LogP contribution in [0.25, 0.3) is 0 Å². The number of rotatable bonds is 10. The first-order valence-electron chi connectivity index (χ1n) is 9.71. The lowest BCUT2D eigenvalue weighted by molar-refractivity contribution is -0.132. The van der Waals surface area contributed by atoms with Gasteiger partial charge >= 0.3 is 5.97 Å². The summed E-state index contributed by atoms with van der Waals surface area (Å²) < 4.78 is 25.1. The molecule has 0 aliphatic heterocycles. The van der Waals surface area contributed by atoms with E-state index >= 15 is 0 Å². The number of carboxylic acids is 1. The van der Waals surface area contributed by atoms with Crippen LogP contribution in [0.5, 0.6) is 11.5 Å². The molecule has 2 aromatic rings.